The summed E-state index contributed by atoms with van der Waals surface area (Å²) in [6.07, 6.45) is 3.87. The van der Waals surface area contributed by atoms with Gasteiger partial charge in [0.2, 0.25) is 0 Å². The van der Waals surface area contributed by atoms with E-state index in [0.717, 1.165) is 19.0 Å². The predicted molar refractivity (Wildman–Crippen MR) is 69.7 cm³/mol. The molecule has 0 heterocycles. The van der Waals surface area contributed by atoms with Crippen LogP contribution in [0, 0.1) is 0 Å². The normalized spacial score (nSPS) is 17.1. The third-order valence-corrected chi connectivity index (χ3v) is 3.15. The molecule has 1 atom stereocenters. The molecule has 0 spiro atoms. The van der Waals surface area contributed by atoms with Crippen molar-refractivity contribution in [3.8, 4) is 0 Å². The first-order valence-electron chi connectivity index (χ1n) is 6.37. The van der Waals surface area contributed by atoms with E-state index in [2.05, 4.69) is 48.7 Å². The van der Waals surface area contributed by atoms with Gasteiger partial charge in [0.15, 0.2) is 0 Å². The Bertz CT molecular complexity index is 314. The van der Waals surface area contributed by atoms with Crippen LogP contribution in [0.25, 0.3) is 0 Å². The van der Waals surface area contributed by atoms with Crippen molar-refractivity contribution in [1.29, 1.82) is 0 Å². The third kappa shape index (κ3) is 3.53. The molecule has 0 amide bonds. The van der Waals surface area contributed by atoms with E-state index in [9.17, 15) is 0 Å². The second-order valence-corrected chi connectivity index (χ2v) is 4.81. The van der Waals surface area contributed by atoms with Gasteiger partial charge in [-0.25, -0.2) is 0 Å². The van der Waals surface area contributed by atoms with Crippen LogP contribution in [-0.4, -0.2) is 12.1 Å². The van der Waals surface area contributed by atoms with Gasteiger partial charge in [0, 0.05) is 24.3 Å². The number of hydrogen-bond donors (Lipinski definition) is 2. The zero-order valence-corrected chi connectivity index (χ0v) is 10.3. The maximum absolute atomic E-state index is 3.52. The van der Waals surface area contributed by atoms with Crippen molar-refractivity contribution in [2.45, 2.75) is 51.7 Å². The zero-order chi connectivity index (χ0) is 11.4. The molecule has 1 aromatic carbocycles. The van der Waals surface area contributed by atoms with Gasteiger partial charge in [-0.15, -0.1) is 0 Å². The molecule has 2 N–H and O–H groups in total. The monoisotopic (exact) mass is 218 g/mol. The minimum Gasteiger partial charge on any atom is -0.383 e. The van der Waals surface area contributed by atoms with Gasteiger partial charge in [0.25, 0.3) is 0 Å². The molecular weight excluding hydrogens is 196 g/mol. The molecule has 1 saturated carbocycles. The van der Waals surface area contributed by atoms with Crippen LogP contribution in [-0.2, 0) is 6.54 Å². The summed E-state index contributed by atoms with van der Waals surface area (Å²) in [6, 6.07) is 10.1. The first-order chi connectivity index (χ1) is 7.78. The van der Waals surface area contributed by atoms with Gasteiger partial charge in [0.1, 0.15) is 0 Å². The summed E-state index contributed by atoms with van der Waals surface area (Å²) >= 11 is 0. The lowest BCUT2D eigenvalue weighted by molar-refractivity contribution is 0.688. The van der Waals surface area contributed by atoms with Gasteiger partial charge in [0.05, 0.1) is 0 Å². The molecule has 2 rings (SSSR count). The van der Waals surface area contributed by atoms with Gasteiger partial charge in [-0.3, -0.25) is 0 Å². The van der Waals surface area contributed by atoms with E-state index in [-0.39, 0.29) is 0 Å². The first-order valence-corrected chi connectivity index (χ1v) is 6.37. The lowest BCUT2D eigenvalue weighted by atomic mass is 10.2. The second kappa shape index (κ2) is 5.35. The molecule has 1 aromatic rings. The largest absolute Gasteiger partial charge is 0.383 e. The quantitative estimate of drug-likeness (QED) is 0.766. The number of benzene rings is 1. The van der Waals surface area contributed by atoms with Gasteiger partial charge >= 0.3 is 0 Å². The number of nitrogens with one attached hydrogen (secondary N) is 2. The van der Waals surface area contributed by atoms with Crippen molar-refractivity contribution in [2.75, 3.05) is 5.32 Å². The van der Waals surface area contributed by atoms with Gasteiger partial charge < -0.3 is 10.6 Å². The molecular formula is C14H22N2. The number of anilines is 1. The summed E-state index contributed by atoms with van der Waals surface area (Å²) < 4.78 is 0. The van der Waals surface area contributed by atoms with E-state index in [1.807, 2.05) is 0 Å². The Balaban J connectivity index is 1.82. The van der Waals surface area contributed by atoms with Gasteiger partial charge in [-0.1, -0.05) is 19.1 Å². The number of hydrogen-bond acceptors (Lipinski definition) is 2. The van der Waals surface area contributed by atoms with Crippen LogP contribution in [0.5, 0.6) is 0 Å². The van der Waals surface area contributed by atoms with Crippen LogP contribution >= 0.6 is 0 Å². The Morgan fingerprint density at radius 2 is 1.94 bits per heavy atom. The molecule has 16 heavy (non-hydrogen) atoms. The van der Waals surface area contributed by atoms with Crippen molar-refractivity contribution < 1.29 is 0 Å². The molecule has 0 aromatic heterocycles. The van der Waals surface area contributed by atoms with Crippen LogP contribution < -0.4 is 10.6 Å². The fourth-order valence-corrected chi connectivity index (χ4v) is 1.66. The summed E-state index contributed by atoms with van der Waals surface area (Å²) in [4.78, 5) is 0. The lowest BCUT2D eigenvalue weighted by Gasteiger charge is -2.13. The highest BCUT2D eigenvalue weighted by Crippen LogP contribution is 2.19. The second-order valence-electron chi connectivity index (χ2n) is 4.81. The molecule has 2 heteroatoms. The highest BCUT2D eigenvalue weighted by Gasteiger charge is 2.19. The van der Waals surface area contributed by atoms with Gasteiger partial charge in [-0.2, -0.15) is 0 Å². The lowest BCUT2D eigenvalue weighted by Crippen LogP contribution is -2.15. The van der Waals surface area contributed by atoms with Crippen molar-refractivity contribution >= 4 is 5.69 Å². The van der Waals surface area contributed by atoms with Crippen molar-refractivity contribution in [2.24, 2.45) is 0 Å². The highest BCUT2D eigenvalue weighted by atomic mass is 14.9. The van der Waals surface area contributed by atoms with Crippen molar-refractivity contribution in [3.05, 3.63) is 29.8 Å². The highest BCUT2D eigenvalue weighted by molar-refractivity contribution is 5.45. The molecule has 0 radical (unpaired) electrons. The summed E-state index contributed by atoms with van der Waals surface area (Å²) in [5.74, 6) is 0. The minimum absolute atomic E-state index is 0.551. The van der Waals surface area contributed by atoms with Crippen LogP contribution in [0.3, 0.4) is 0 Å². The Kier molecular flexibility index (Phi) is 3.83. The predicted octanol–water partition coefficient (Wildman–Crippen LogP) is 3.15. The van der Waals surface area contributed by atoms with E-state index in [1.54, 1.807) is 0 Å². The molecule has 0 aliphatic heterocycles. The van der Waals surface area contributed by atoms with Gasteiger partial charge in [-0.05, 0) is 43.9 Å². The fourth-order valence-electron chi connectivity index (χ4n) is 1.66. The van der Waals surface area contributed by atoms with Crippen LogP contribution in [0.15, 0.2) is 24.3 Å². The van der Waals surface area contributed by atoms with Crippen LogP contribution in [0.4, 0.5) is 5.69 Å². The Morgan fingerprint density at radius 1 is 1.25 bits per heavy atom. The van der Waals surface area contributed by atoms with E-state index in [1.165, 1.54) is 24.1 Å². The van der Waals surface area contributed by atoms with E-state index in [0.29, 0.717) is 6.04 Å². The Morgan fingerprint density at radius 3 is 2.50 bits per heavy atom. The maximum Gasteiger partial charge on any atom is 0.0342 e. The molecule has 1 fully saturated rings. The van der Waals surface area contributed by atoms with E-state index < -0.39 is 0 Å². The SMILES string of the molecule is CCC(C)Nc1ccc(CNC2CC2)cc1. The molecule has 1 aliphatic carbocycles. The molecule has 88 valence electrons. The van der Waals surface area contributed by atoms with Crippen molar-refractivity contribution in [3.63, 3.8) is 0 Å². The summed E-state index contributed by atoms with van der Waals surface area (Å²) in [5.41, 5.74) is 2.60. The molecule has 0 bridgehead atoms. The molecule has 0 saturated heterocycles. The summed E-state index contributed by atoms with van der Waals surface area (Å²) in [6.45, 7) is 5.42. The Labute approximate surface area is 98.4 Å². The van der Waals surface area contributed by atoms with Crippen molar-refractivity contribution in [1.82, 2.24) is 5.32 Å². The fraction of sp³-hybridized carbons (Fsp3) is 0.571. The Hall–Kier alpha value is -1.02. The molecule has 1 unspecified atom stereocenters. The topological polar surface area (TPSA) is 24.1 Å². The molecule has 2 nitrogen and oxygen atoms in total. The van der Waals surface area contributed by atoms with Crippen LogP contribution in [0.2, 0.25) is 0 Å². The van der Waals surface area contributed by atoms with E-state index in [4.69, 9.17) is 0 Å². The average Bonchev–Trinajstić information content (AvgIpc) is 3.12. The summed E-state index contributed by atoms with van der Waals surface area (Å²) in [7, 11) is 0. The standard InChI is InChI=1S/C14H22N2/c1-3-11(2)16-14-6-4-12(5-7-14)10-15-13-8-9-13/h4-7,11,13,15-16H,3,8-10H2,1-2H3. The van der Waals surface area contributed by atoms with E-state index >= 15 is 0 Å². The average molecular weight is 218 g/mol. The smallest absolute Gasteiger partial charge is 0.0342 e. The first kappa shape index (κ1) is 11.5. The summed E-state index contributed by atoms with van der Waals surface area (Å²) in [5, 5.41) is 7.00. The maximum atomic E-state index is 3.52. The zero-order valence-electron chi connectivity index (χ0n) is 10.3. The minimum atomic E-state index is 0.551. The van der Waals surface area contributed by atoms with Crippen LogP contribution in [0.1, 0.15) is 38.7 Å². The third-order valence-electron chi connectivity index (χ3n) is 3.15. The number of rotatable bonds is 6. The molecule has 1 aliphatic rings.